The third kappa shape index (κ3) is 11.6. The van der Waals surface area contributed by atoms with Crippen molar-refractivity contribution in [3.05, 3.63) is 35.9 Å². The number of carbonyl (C=O) groups excluding carboxylic acids is 4. The van der Waals surface area contributed by atoms with Crippen LogP contribution in [0.25, 0.3) is 0 Å². The molecule has 290 valence electrons. The third-order valence-corrected chi connectivity index (χ3v) is 11.0. The molecule has 0 aromatic heterocycles. The van der Waals surface area contributed by atoms with Crippen molar-refractivity contribution in [3.63, 3.8) is 0 Å². The lowest BCUT2D eigenvalue weighted by Gasteiger charge is -2.41. The second-order valence-corrected chi connectivity index (χ2v) is 15.3. The topological polar surface area (TPSA) is 138 Å². The molecule has 1 fully saturated rings. The van der Waals surface area contributed by atoms with E-state index >= 15 is 0 Å². The number of hydrogen-bond donors (Lipinski definition) is 3. The minimum Gasteiger partial charge on any atom is -0.388 e. The van der Waals surface area contributed by atoms with Crippen molar-refractivity contribution < 1.29 is 33.8 Å². The number of carbonyl (C=O) groups is 4. The first kappa shape index (κ1) is 44.3. The standard InChI is InChI=1S/C40H68N4O7/c1-13-26(6)36(43(10)40(49)35(25(4)5)42-39(48)34(41-9)24(2)3)32(50-11)23-33(46)44-21-17-20-30(44)38(51-12)28(8)31(45)22-27(7)37(47)29-18-15-14-16-19-29/h14-16,18-19,24-28,30,32,34-38,41,47H,13,17,20-23H2,1-12H3,(H,42,48)/t26-,27-,28-,30-,32+,34-,35-,36?,37+,38+/m1/s1. The van der Waals surface area contributed by atoms with Crippen molar-refractivity contribution in [3.8, 4) is 0 Å². The van der Waals surface area contributed by atoms with E-state index in [1.807, 2.05) is 90.6 Å². The van der Waals surface area contributed by atoms with Crippen molar-refractivity contribution in [2.24, 2.45) is 29.6 Å². The van der Waals surface area contributed by atoms with Gasteiger partial charge in [0.15, 0.2) is 0 Å². The molecule has 1 aromatic carbocycles. The minimum atomic E-state index is -0.764. The van der Waals surface area contributed by atoms with E-state index < -0.39 is 42.4 Å². The molecule has 10 atom stereocenters. The Kier molecular flexibility index (Phi) is 18.2. The SMILES string of the molecule is CC[C@@H](C)C([C@H](CC(=O)N1CCC[C@@H]1[C@@H](OC)[C@H](C)C(=O)C[C@@H](C)[C@H](O)c1ccccc1)OC)N(C)C(=O)[C@H](NC(=O)[C@H](NC)C(C)C)C(C)C. The fourth-order valence-electron chi connectivity index (χ4n) is 7.68. The van der Waals surface area contributed by atoms with Crippen molar-refractivity contribution in [2.45, 2.75) is 130 Å². The molecule has 1 aliphatic rings. The molecule has 0 radical (unpaired) electrons. The monoisotopic (exact) mass is 717 g/mol. The smallest absolute Gasteiger partial charge is 0.245 e. The van der Waals surface area contributed by atoms with Gasteiger partial charge in [-0.2, -0.15) is 0 Å². The third-order valence-electron chi connectivity index (χ3n) is 11.0. The Morgan fingerprint density at radius 2 is 1.53 bits per heavy atom. The highest BCUT2D eigenvalue weighted by Gasteiger charge is 2.43. The summed E-state index contributed by atoms with van der Waals surface area (Å²) in [4.78, 5) is 58.5. The highest BCUT2D eigenvalue weighted by atomic mass is 16.5. The summed E-state index contributed by atoms with van der Waals surface area (Å²) in [6.07, 6.45) is 0.590. The molecule has 1 saturated heterocycles. The van der Waals surface area contributed by atoms with E-state index in [1.54, 1.807) is 33.2 Å². The Morgan fingerprint density at radius 1 is 0.922 bits per heavy atom. The highest BCUT2D eigenvalue weighted by molar-refractivity contribution is 5.90. The van der Waals surface area contributed by atoms with Gasteiger partial charge in [0.2, 0.25) is 17.7 Å². The molecule has 1 aliphatic heterocycles. The number of ketones is 1. The molecule has 11 heteroatoms. The van der Waals surface area contributed by atoms with E-state index in [9.17, 15) is 24.3 Å². The summed E-state index contributed by atoms with van der Waals surface area (Å²) in [6, 6.07) is 7.42. The fourth-order valence-corrected chi connectivity index (χ4v) is 7.68. The van der Waals surface area contributed by atoms with E-state index in [0.29, 0.717) is 13.0 Å². The second kappa shape index (κ2) is 21.0. The molecule has 0 aliphatic carbocycles. The summed E-state index contributed by atoms with van der Waals surface area (Å²) in [7, 11) is 6.62. The largest absolute Gasteiger partial charge is 0.388 e. The van der Waals surface area contributed by atoms with Gasteiger partial charge in [0, 0.05) is 40.2 Å². The van der Waals surface area contributed by atoms with Crippen LogP contribution < -0.4 is 10.6 Å². The molecule has 3 amide bonds. The number of amides is 3. The van der Waals surface area contributed by atoms with E-state index in [-0.39, 0.29) is 66.1 Å². The molecular weight excluding hydrogens is 648 g/mol. The van der Waals surface area contributed by atoms with Gasteiger partial charge in [-0.25, -0.2) is 0 Å². The van der Waals surface area contributed by atoms with E-state index in [4.69, 9.17) is 9.47 Å². The van der Waals surface area contributed by atoms with Crippen LogP contribution in [0.5, 0.6) is 0 Å². The van der Waals surface area contributed by atoms with Crippen LogP contribution >= 0.6 is 0 Å². The molecule has 0 spiro atoms. The molecule has 1 unspecified atom stereocenters. The molecule has 1 heterocycles. The minimum absolute atomic E-state index is 0.00657. The summed E-state index contributed by atoms with van der Waals surface area (Å²) < 4.78 is 12.0. The van der Waals surface area contributed by atoms with Crippen LogP contribution in [-0.2, 0) is 28.7 Å². The number of likely N-dealkylation sites (tertiary alicyclic amines) is 1. The number of ether oxygens (including phenoxy) is 2. The van der Waals surface area contributed by atoms with Crippen molar-refractivity contribution >= 4 is 23.5 Å². The molecule has 2 rings (SSSR count). The van der Waals surface area contributed by atoms with Gasteiger partial charge in [-0.15, -0.1) is 0 Å². The quantitative estimate of drug-likeness (QED) is 0.168. The number of Topliss-reactive ketones (excluding diaryl/α,β-unsaturated/α-hetero) is 1. The number of nitrogens with one attached hydrogen (secondary N) is 2. The number of nitrogens with zero attached hydrogens (tertiary/aromatic N) is 2. The summed E-state index contributed by atoms with van der Waals surface area (Å²) in [5, 5.41) is 16.9. The van der Waals surface area contributed by atoms with Crippen molar-refractivity contribution in [1.82, 2.24) is 20.4 Å². The molecule has 0 saturated carbocycles. The van der Waals surface area contributed by atoms with Crippen LogP contribution in [0, 0.1) is 29.6 Å². The first-order valence-corrected chi connectivity index (χ1v) is 18.9. The van der Waals surface area contributed by atoms with Crippen molar-refractivity contribution in [1.29, 1.82) is 0 Å². The Hall–Kier alpha value is -2.86. The highest BCUT2D eigenvalue weighted by Crippen LogP contribution is 2.32. The van der Waals surface area contributed by atoms with Crippen LogP contribution in [0.2, 0.25) is 0 Å². The Balaban J connectivity index is 2.24. The predicted molar refractivity (Wildman–Crippen MR) is 201 cm³/mol. The van der Waals surface area contributed by atoms with Crippen molar-refractivity contribution in [2.75, 3.05) is 34.9 Å². The van der Waals surface area contributed by atoms with Crippen LogP contribution in [0.4, 0.5) is 0 Å². The van der Waals surface area contributed by atoms with Crippen LogP contribution in [0.1, 0.15) is 99.2 Å². The predicted octanol–water partition coefficient (Wildman–Crippen LogP) is 4.62. The van der Waals surface area contributed by atoms with Gasteiger partial charge in [-0.3, -0.25) is 19.2 Å². The molecule has 0 bridgehead atoms. The van der Waals surface area contributed by atoms with E-state index in [0.717, 1.165) is 18.4 Å². The number of aliphatic hydroxyl groups excluding tert-OH is 1. The summed E-state index contributed by atoms with van der Waals surface area (Å²) in [5.41, 5.74) is 0.773. The molecular formula is C40H68N4O7. The van der Waals surface area contributed by atoms with Crippen LogP contribution in [0.15, 0.2) is 30.3 Å². The van der Waals surface area contributed by atoms with E-state index in [2.05, 4.69) is 10.6 Å². The molecule has 1 aromatic rings. The number of hydrogen-bond acceptors (Lipinski definition) is 8. The number of benzene rings is 1. The lowest BCUT2D eigenvalue weighted by molar-refractivity contribution is -0.147. The average Bonchev–Trinajstić information content (AvgIpc) is 3.59. The van der Waals surface area contributed by atoms with Crippen LogP contribution in [0.3, 0.4) is 0 Å². The summed E-state index contributed by atoms with van der Waals surface area (Å²) in [5.74, 6) is -1.50. The van der Waals surface area contributed by atoms with Gasteiger partial charge in [0.05, 0.1) is 42.9 Å². The number of rotatable bonds is 21. The lowest BCUT2D eigenvalue weighted by Crippen LogP contribution is -2.59. The zero-order chi connectivity index (χ0) is 38.6. The Labute approximate surface area is 307 Å². The first-order chi connectivity index (χ1) is 24.0. The van der Waals surface area contributed by atoms with Gasteiger partial charge < -0.3 is 35.0 Å². The van der Waals surface area contributed by atoms with Gasteiger partial charge in [-0.1, -0.05) is 92.1 Å². The van der Waals surface area contributed by atoms with Gasteiger partial charge in [0.1, 0.15) is 11.8 Å². The zero-order valence-electron chi connectivity index (χ0n) is 33.3. The van der Waals surface area contributed by atoms with E-state index in [1.165, 1.54) is 0 Å². The van der Waals surface area contributed by atoms with Gasteiger partial charge in [-0.05, 0) is 49.1 Å². The lowest BCUT2D eigenvalue weighted by atomic mass is 9.85. The first-order valence-electron chi connectivity index (χ1n) is 18.9. The molecule has 3 N–H and O–H groups in total. The Bertz CT molecular complexity index is 1240. The maximum absolute atomic E-state index is 14.1. The second-order valence-electron chi connectivity index (χ2n) is 15.3. The number of methoxy groups -OCH3 is 2. The molecule has 51 heavy (non-hydrogen) atoms. The molecule has 11 nitrogen and oxygen atoms in total. The zero-order valence-corrected chi connectivity index (χ0v) is 33.3. The maximum Gasteiger partial charge on any atom is 0.245 e. The average molecular weight is 717 g/mol. The fraction of sp³-hybridized carbons (Fsp3) is 0.750. The van der Waals surface area contributed by atoms with Crippen LogP contribution in [-0.4, -0.2) is 110 Å². The Morgan fingerprint density at radius 3 is 2.04 bits per heavy atom. The van der Waals surface area contributed by atoms with Gasteiger partial charge >= 0.3 is 0 Å². The number of likely N-dealkylation sites (N-methyl/N-ethyl adjacent to an activating group) is 2. The number of aliphatic hydroxyl groups is 1. The summed E-state index contributed by atoms with van der Waals surface area (Å²) >= 11 is 0. The normalized spacial score (nSPS) is 20.2. The van der Waals surface area contributed by atoms with Gasteiger partial charge in [0.25, 0.3) is 0 Å². The maximum atomic E-state index is 14.1. The summed E-state index contributed by atoms with van der Waals surface area (Å²) in [6.45, 7) is 16.1.